The van der Waals surface area contributed by atoms with Crippen LogP contribution in [0.15, 0.2) is 36.4 Å². The fourth-order valence-electron chi connectivity index (χ4n) is 4.11. The monoisotopic (exact) mass is 438 g/mol. The molecule has 1 N–H and O–H groups in total. The van der Waals surface area contributed by atoms with Crippen LogP contribution in [0.1, 0.15) is 56.9 Å². The lowest BCUT2D eigenvalue weighted by atomic mass is 10.0. The van der Waals surface area contributed by atoms with Gasteiger partial charge in [-0.15, -0.1) is 0 Å². The van der Waals surface area contributed by atoms with E-state index in [9.17, 15) is 14.7 Å². The Hall–Kier alpha value is -3.02. The van der Waals surface area contributed by atoms with E-state index in [1.54, 1.807) is 0 Å². The summed E-state index contributed by atoms with van der Waals surface area (Å²) in [5.41, 5.74) is 3.20. The fraction of sp³-hybridized carbons (Fsp3) is 0.462. The van der Waals surface area contributed by atoms with E-state index in [1.165, 1.54) is 19.4 Å². The summed E-state index contributed by atoms with van der Waals surface area (Å²) < 4.78 is 5.82. The number of carbonyl (C=O) groups is 2. The van der Waals surface area contributed by atoms with Gasteiger partial charge in [-0.1, -0.05) is 31.2 Å². The Morgan fingerprint density at radius 2 is 1.66 bits per heavy atom. The molecule has 2 aromatic rings. The molecule has 1 aliphatic heterocycles. The molecular formula is C26H34N2O4. The minimum atomic E-state index is -1.32. The van der Waals surface area contributed by atoms with Crippen LogP contribution in [0.4, 0.5) is 10.5 Å². The van der Waals surface area contributed by atoms with Crippen LogP contribution >= 0.6 is 0 Å². The number of carboxylic acids is 1. The van der Waals surface area contributed by atoms with Crippen molar-refractivity contribution >= 4 is 17.7 Å². The minimum Gasteiger partial charge on any atom is -0.478 e. The number of hydrogen-bond donors (Lipinski definition) is 1. The SMILES string of the molecule is CCc1ccc(N2CC(C)(C)N(Cc3cc(C)c(OC(C)(C)C(=O)O)c(C)c3)C2=O)cc1. The van der Waals surface area contributed by atoms with Crippen molar-refractivity contribution in [3.63, 3.8) is 0 Å². The number of aliphatic carboxylic acids is 1. The fourth-order valence-corrected chi connectivity index (χ4v) is 4.11. The molecule has 6 heteroatoms. The summed E-state index contributed by atoms with van der Waals surface area (Å²) in [6.45, 7) is 14.2. The minimum absolute atomic E-state index is 0.0121. The average molecular weight is 439 g/mol. The Balaban J connectivity index is 1.84. The van der Waals surface area contributed by atoms with Gasteiger partial charge >= 0.3 is 12.0 Å². The largest absolute Gasteiger partial charge is 0.478 e. The molecule has 0 unspecified atom stereocenters. The maximum atomic E-state index is 13.3. The standard InChI is InChI=1S/C26H34N2O4/c1-8-19-9-11-21(12-10-19)27-16-25(4,5)28(24(27)31)15-20-13-17(2)22(18(3)14-20)32-26(6,7)23(29)30/h9-14H,8,15-16H2,1-7H3,(H,29,30). The van der Waals surface area contributed by atoms with Crippen molar-refractivity contribution in [2.24, 2.45) is 0 Å². The van der Waals surface area contributed by atoms with E-state index in [1.807, 2.05) is 47.9 Å². The number of aryl methyl sites for hydroxylation is 3. The molecule has 2 aromatic carbocycles. The van der Waals surface area contributed by atoms with E-state index in [2.05, 4.69) is 32.9 Å². The van der Waals surface area contributed by atoms with Gasteiger partial charge in [-0.05, 0) is 82.3 Å². The molecule has 0 radical (unpaired) electrons. The van der Waals surface area contributed by atoms with Gasteiger partial charge in [0, 0.05) is 12.2 Å². The molecule has 0 atom stereocenters. The van der Waals surface area contributed by atoms with Crippen LogP contribution in [0, 0.1) is 13.8 Å². The Morgan fingerprint density at radius 3 is 2.16 bits per heavy atom. The summed E-state index contributed by atoms with van der Waals surface area (Å²) in [4.78, 5) is 28.5. The lowest BCUT2D eigenvalue weighted by Gasteiger charge is -2.30. The van der Waals surface area contributed by atoms with Gasteiger partial charge in [0.1, 0.15) is 5.75 Å². The molecule has 32 heavy (non-hydrogen) atoms. The third kappa shape index (κ3) is 4.59. The van der Waals surface area contributed by atoms with Gasteiger partial charge in [0.05, 0.1) is 12.1 Å². The van der Waals surface area contributed by atoms with Crippen LogP contribution in [-0.4, -0.2) is 39.7 Å². The second kappa shape index (κ2) is 8.49. The molecule has 0 aliphatic carbocycles. The van der Waals surface area contributed by atoms with E-state index >= 15 is 0 Å². The molecule has 1 fully saturated rings. The molecule has 0 aromatic heterocycles. The van der Waals surface area contributed by atoms with E-state index in [0.717, 1.165) is 28.8 Å². The maximum absolute atomic E-state index is 13.3. The number of urea groups is 1. The highest BCUT2D eigenvalue weighted by Gasteiger charge is 2.43. The summed E-state index contributed by atoms with van der Waals surface area (Å²) in [7, 11) is 0. The maximum Gasteiger partial charge on any atom is 0.347 e. The van der Waals surface area contributed by atoms with Crippen LogP contribution in [0.2, 0.25) is 0 Å². The number of ether oxygens (including phenoxy) is 1. The second-order valence-corrected chi connectivity index (χ2v) is 9.76. The summed E-state index contributed by atoms with van der Waals surface area (Å²) in [6.07, 6.45) is 0.966. The zero-order valence-corrected chi connectivity index (χ0v) is 20.2. The highest BCUT2D eigenvalue weighted by atomic mass is 16.5. The quantitative estimate of drug-likeness (QED) is 0.634. The normalized spacial score (nSPS) is 15.9. The van der Waals surface area contributed by atoms with E-state index in [4.69, 9.17) is 4.74 Å². The topological polar surface area (TPSA) is 70.1 Å². The van der Waals surface area contributed by atoms with Crippen molar-refractivity contribution in [1.29, 1.82) is 0 Å². The van der Waals surface area contributed by atoms with Crippen LogP contribution in [0.3, 0.4) is 0 Å². The Morgan fingerprint density at radius 1 is 1.09 bits per heavy atom. The Labute approximate surface area is 190 Å². The molecule has 1 aliphatic rings. The van der Waals surface area contributed by atoms with Crippen molar-refractivity contribution < 1.29 is 19.4 Å². The first-order chi connectivity index (χ1) is 14.9. The van der Waals surface area contributed by atoms with E-state index in [-0.39, 0.29) is 11.6 Å². The Bertz CT molecular complexity index is 1000. The highest BCUT2D eigenvalue weighted by Crippen LogP contribution is 2.34. The van der Waals surface area contributed by atoms with Gasteiger partial charge in [-0.3, -0.25) is 4.90 Å². The third-order valence-corrected chi connectivity index (χ3v) is 6.13. The smallest absolute Gasteiger partial charge is 0.347 e. The van der Waals surface area contributed by atoms with Crippen molar-refractivity contribution in [1.82, 2.24) is 4.90 Å². The molecule has 172 valence electrons. The number of amides is 2. The molecule has 0 bridgehead atoms. The lowest BCUT2D eigenvalue weighted by Crippen LogP contribution is -2.41. The molecule has 2 amide bonds. The molecule has 0 spiro atoms. The second-order valence-electron chi connectivity index (χ2n) is 9.76. The van der Waals surface area contributed by atoms with Gasteiger partial charge < -0.3 is 14.7 Å². The highest BCUT2D eigenvalue weighted by molar-refractivity contribution is 5.95. The lowest BCUT2D eigenvalue weighted by molar-refractivity contribution is -0.152. The van der Waals surface area contributed by atoms with Crippen LogP contribution < -0.4 is 9.64 Å². The van der Waals surface area contributed by atoms with Crippen molar-refractivity contribution in [3.8, 4) is 5.75 Å². The average Bonchev–Trinajstić information content (AvgIpc) is 2.94. The molecule has 6 nitrogen and oxygen atoms in total. The van der Waals surface area contributed by atoms with Crippen molar-refractivity contribution in [2.45, 2.75) is 72.6 Å². The zero-order valence-electron chi connectivity index (χ0n) is 20.2. The first kappa shape index (κ1) is 23.6. The van der Waals surface area contributed by atoms with E-state index < -0.39 is 11.6 Å². The number of hydrogen-bond acceptors (Lipinski definition) is 3. The molecule has 1 saturated heterocycles. The first-order valence-corrected chi connectivity index (χ1v) is 11.1. The third-order valence-electron chi connectivity index (χ3n) is 6.13. The number of anilines is 1. The summed E-state index contributed by atoms with van der Waals surface area (Å²) >= 11 is 0. The van der Waals surface area contributed by atoms with E-state index in [0.29, 0.717) is 18.8 Å². The van der Waals surface area contributed by atoms with Crippen LogP contribution in [0.5, 0.6) is 5.75 Å². The van der Waals surface area contributed by atoms with Crippen LogP contribution in [0.25, 0.3) is 0 Å². The van der Waals surface area contributed by atoms with Crippen LogP contribution in [-0.2, 0) is 17.8 Å². The summed E-state index contributed by atoms with van der Waals surface area (Å²) in [5.74, 6) is -0.442. The van der Waals surface area contributed by atoms with Crippen molar-refractivity contribution in [2.75, 3.05) is 11.4 Å². The number of nitrogens with zero attached hydrogens (tertiary/aromatic N) is 2. The molecule has 0 saturated carbocycles. The van der Waals surface area contributed by atoms with Gasteiger partial charge in [0.2, 0.25) is 0 Å². The molecule has 3 rings (SSSR count). The van der Waals surface area contributed by atoms with Crippen molar-refractivity contribution in [3.05, 3.63) is 58.7 Å². The number of benzene rings is 2. The molecular weight excluding hydrogens is 404 g/mol. The summed E-state index contributed by atoms with van der Waals surface area (Å²) in [6, 6.07) is 12.1. The zero-order chi connectivity index (χ0) is 23.8. The van der Waals surface area contributed by atoms with Gasteiger partial charge in [-0.2, -0.15) is 0 Å². The van der Waals surface area contributed by atoms with Gasteiger partial charge in [0.15, 0.2) is 5.60 Å². The predicted octanol–water partition coefficient (Wildman–Crippen LogP) is 5.33. The number of carboxylic acid groups (broad SMARTS) is 1. The number of rotatable bonds is 7. The summed E-state index contributed by atoms with van der Waals surface area (Å²) in [5, 5.41) is 9.39. The Kier molecular flexibility index (Phi) is 6.27. The predicted molar refractivity (Wildman–Crippen MR) is 126 cm³/mol. The molecule has 1 heterocycles. The first-order valence-electron chi connectivity index (χ1n) is 11.1. The number of carbonyl (C=O) groups excluding carboxylic acids is 1. The van der Waals surface area contributed by atoms with Gasteiger partial charge in [0.25, 0.3) is 0 Å². The van der Waals surface area contributed by atoms with Gasteiger partial charge in [-0.25, -0.2) is 9.59 Å².